The van der Waals surface area contributed by atoms with E-state index < -0.39 is 33.7 Å². The summed E-state index contributed by atoms with van der Waals surface area (Å²) in [5.41, 5.74) is 1.46. The van der Waals surface area contributed by atoms with E-state index in [0.29, 0.717) is 11.6 Å². The van der Waals surface area contributed by atoms with Crippen LogP contribution in [0.2, 0.25) is 0 Å². The summed E-state index contributed by atoms with van der Waals surface area (Å²) in [6.45, 7) is 1.86. The number of amides is 2. The molecule has 4 rings (SSSR count). The first-order valence-corrected chi connectivity index (χ1v) is 13.2. The Hall–Kier alpha value is -3.56. The lowest BCUT2D eigenvalue weighted by Crippen LogP contribution is -2.45. The van der Waals surface area contributed by atoms with E-state index in [1.54, 1.807) is 0 Å². The second kappa shape index (κ2) is 11.0. The van der Waals surface area contributed by atoms with Crippen molar-refractivity contribution in [1.82, 2.24) is 10.0 Å². The zero-order valence-electron chi connectivity index (χ0n) is 19.8. The van der Waals surface area contributed by atoms with Gasteiger partial charge in [-0.3, -0.25) is 9.59 Å². The first-order valence-electron chi connectivity index (χ1n) is 11.7. The standard InChI is InChI=1S/C27H28FN3O4S/c1-18(20-7-8-20)31-36(34,35)24-15-13-23(14-16-24)29-27(33)25(17-19-5-3-2-4-6-19)30-26(32)21-9-11-22(28)12-10-21/h2-6,9-16,18,20,25,31H,7-8,17H2,1H3,(H,29,33)(H,30,32)/t18-,25+/m1/s1. The Bertz CT molecular complexity index is 1310. The van der Waals surface area contributed by atoms with Gasteiger partial charge in [0.15, 0.2) is 0 Å². The topological polar surface area (TPSA) is 104 Å². The lowest BCUT2D eigenvalue weighted by Gasteiger charge is -2.19. The van der Waals surface area contributed by atoms with Gasteiger partial charge in [-0.15, -0.1) is 0 Å². The molecular formula is C27H28FN3O4S. The Morgan fingerprint density at radius 3 is 2.19 bits per heavy atom. The van der Waals surface area contributed by atoms with E-state index in [-0.39, 0.29) is 22.9 Å². The summed E-state index contributed by atoms with van der Waals surface area (Å²) in [5.74, 6) is -1.06. The number of nitrogens with one attached hydrogen (secondary N) is 3. The lowest BCUT2D eigenvalue weighted by molar-refractivity contribution is -0.118. The molecular weight excluding hydrogens is 481 g/mol. The Balaban J connectivity index is 1.46. The van der Waals surface area contributed by atoms with Gasteiger partial charge >= 0.3 is 0 Å². The van der Waals surface area contributed by atoms with Crippen LogP contribution < -0.4 is 15.4 Å². The number of benzene rings is 3. The van der Waals surface area contributed by atoms with Crippen LogP contribution in [0.5, 0.6) is 0 Å². The van der Waals surface area contributed by atoms with Crippen LogP contribution in [0.3, 0.4) is 0 Å². The van der Waals surface area contributed by atoms with Gasteiger partial charge in [-0.05, 0) is 79.8 Å². The second-order valence-electron chi connectivity index (χ2n) is 8.98. The molecule has 36 heavy (non-hydrogen) atoms. The van der Waals surface area contributed by atoms with Crippen molar-refractivity contribution in [2.24, 2.45) is 5.92 Å². The number of carbonyl (C=O) groups is 2. The van der Waals surface area contributed by atoms with Crippen molar-refractivity contribution in [1.29, 1.82) is 0 Å². The predicted octanol–water partition coefficient (Wildman–Crippen LogP) is 3.88. The summed E-state index contributed by atoms with van der Waals surface area (Å²) >= 11 is 0. The average Bonchev–Trinajstić information content (AvgIpc) is 3.70. The van der Waals surface area contributed by atoms with Gasteiger partial charge in [0, 0.05) is 23.7 Å². The molecule has 0 aliphatic heterocycles. The van der Waals surface area contributed by atoms with Crippen LogP contribution >= 0.6 is 0 Å². The number of halogens is 1. The molecule has 0 spiro atoms. The fourth-order valence-corrected chi connectivity index (χ4v) is 5.17. The summed E-state index contributed by atoms with van der Waals surface area (Å²) < 4.78 is 41.2. The van der Waals surface area contributed by atoms with Crippen LogP contribution in [0.25, 0.3) is 0 Å². The van der Waals surface area contributed by atoms with Gasteiger partial charge in [0.2, 0.25) is 15.9 Å². The summed E-state index contributed by atoms with van der Waals surface area (Å²) in [6.07, 6.45) is 2.28. The third-order valence-corrected chi connectivity index (χ3v) is 7.69. The van der Waals surface area contributed by atoms with Gasteiger partial charge < -0.3 is 10.6 Å². The number of anilines is 1. The Morgan fingerprint density at radius 2 is 1.58 bits per heavy atom. The summed E-state index contributed by atoms with van der Waals surface area (Å²) in [7, 11) is -3.66. The molecule has 0 saturated heterocycles. The van der Waals surface area contributed by atoms with Crippen LogP contribution in [0.1, 0.15) is 35.7 Å². The molecule has 0 unspecified atom stereocenters. The normalized spacial score (nSPS) is 15.1. The van der Waals surface area contributed by atoms with E-state index in [4.69, 9.17) is 0 Å². The molecule has 0 heterocycles. The summed E-state index contributed by atoms with van der Waals surface area (Å²) in [6, 6.07) is 19.1. The molecule has 3 aromatic rings. The number of sulfonamides is 1. The zero-order valence-corrected chi connectivity index (χ0v) is 20.6. The first-order chi connectivity index (χ1) is 17.2. The molecule has 0 aromatic heterocycles. The molecule has 3 N–H and O–H groups in total. The van der Waals surface area contributed by atoms with Crippen molar-refractivity contribution in [3.05, 3.63) is 95.8 Å². The van der Waals surface area contributed by atoms with Gasteiger partial charge in [0.25, 0.3) is 5.91 Å². The highest BCUT2D eigenvalue weighted by Gasteiger charge is 2.31. The van der Waals surface area contributed by atoms with E-state index in [0.717, 1.165) is 18.4 Å². The smallest absolute Gasteiger partial charge is 0.251 e. The maximum absolute atomic E-state index is 13.2. The van der Waals surface area contributed by atoms with Crippen LogP contribution in [0.4, 0.5) is 10.1 Å². The molecule has 2 atom stereocenters. The molecule has 9 heteroatoms. The number of carbonyl (C=O) groups excluding carboxylic acids is 2. The molecule has 1 aliphatic carbocycles. The molecule has 0 bridgehead atoms. The minimum Gasteiger partial charge on any atom is -0.340 e. The number of hydrogen-bond donors (Lipinski definition) is 3. The van der Waals surface area contributed by atoms with Gasteiger partial charge in [-0.2, -0.15) is 0 Å². The fourth-order valence-electron chi connectivity index (χ4n) is 3.85. The molecule has 7 nitrogen and oxygen atoms in total. The van der Waals surface area contributed by atoms with Crippen molar-refractivity contribution in [3.63, 3.8) is 0 Å². The minimum atomic E-state index is -3.66. The highest BCUT2D eigenvalue weighted by atomic mass is 32.2. The predicted molar refractivity (Wildman–Crippen MR) is 135 cm³/mol. The SMILES string of the molecule is C[C@@H](NS(=O)(=O)c1ccc(NC(=O)[C@H](Cc2ccccc2)NC(=O)c2ccc(F)cc2)cc1)C1CC1. The van der Waals surface area contributed by atoms with Gasteiger partial charge in [0.05, 0.1) is 4.90 Å². The minimum absolute atomic E-state index is 0.110. The molecule has 188 valence electrons. The quantitative estimate of drug-likeness (QED) is 0.386. The highest BCUT2D eigenvalue weighted by Crippen LogP contribution is 2.33. The third kappa shape index (κ3) is 6.77. The fraction of sp³-hybridized carbons (Fsp3) is 0.259. The largest absolute Gasteiger partial charge is 0.340 e. The average molecular weight is 510 g/mol. The molecule has 1 aliphatic rings. The Morgan fingerprint density at radius 1 is 0.944 bits per heavy atom. The molecule has 1 saturated carbocycles. The summed E-state index contributed by atoms with van der Waals surface area (Å²) in [5, 5.41) is 5.46. The van der Waals surface area contributed by atoms with Crippen LogP contribution in [-0.2, 0) is 21.2 Å². The van der Waals surface area contributed by atoms with Gasteiger partial charge in [0.1, 0.15) is 11.9 Å². The first kappa shape index (κ1) is 25.5. The maximum atomic E-state index is 13.2. The van der Waals surface area contributed by atoms with Crippen LogP contribution in [0, 0.1) is 11.7 Å². The van der Waals surface area contributed by atoms with Crippen molar-refractivity contribution in [2.75, 3.05) is 5.32 Å². The summed E-state index contributed by atoms with van der Waals surface area (Å²) in [4.78, 5) is 26.0. The third-order valence-electron chi connectivity index (χ3n) is 6.11. The highest BCUT2D eigenvalue weighted by molar-refractivity contribution is 7.89. The van der Waals surface area contributed by atoms with Crippen LogP contribution in [0.15, 0.2) is 83.8 Å². The van der Waals surface area contributed by atoms with E-state index in [2.05, 4.69) is 15.4 Å². The number of rotatable bonds is 10. The lowest BCUT2D eigenvalue weighted by atomic mass is 10.0. The maximum Gasteiger partial charge on any atom is 0.251 e. The van der Waals surface area contributed by atoms with Crippen LogP contribution in [-0.4, -0.2) is 32.3 Å². The molecule has 0 radical (unpaired) electrons. The van der Waals surface area contributed by atoms with E-state index in [9.17, 15) is 22.4 Å². The van der Waals surface area contributed by atoms with E-state index >= 15 is 0 Å². The number of hydrogen-bond acceptors (Lipinski definition) is 4. The Kier molecular flexibility index (Phi) is 7.81. The van der Waals surface area contributed by atoms with E-state index in [1.807, 2.05) is 37.3 Å². The van der Waals surface area contributed by atoms with Crippen molar-refractivity contribution < 1.29 is 22.4 Å². The zero-order chi connectivity index (χ0) is 25.7. The molecule has 3 aromatic carbocycles. The van der Waals surface area contributed by atoms with Gasteiger partial charge in [-0.25, -0.2) is 17.5 Å². The monoisotopic (exact) mass is 509 g/mol. The van der Waals surface area contributed by atoms with Crippen molar-refractivity contribution in [2.45, 2.75) is 43.2 Å². The van der Waals surface area contributed by atoms with E-state index in [1.165, 1.54) is 48.5 Å². The van der Waals surface area contributed by atoms with Crippen molar-refractivity contribution >= 4 is 27.5 Å². The Labute approximate surface area is 210 Å². The molecule has 2 amide bonds. The molecule has 1 fully saturated rings. The second-order valence-corrected chi connectivity index (χ2v) is 10.7. The van der Waals surface area contributed by atoms with Gasteiger partial charge in [-0.1, -0.05) is 30.3 Å². The van der Waals surface area contributed by atoms with Crippen molar-refractivity contribution in [3.8, 4) is 0 Å².